The van der Waals surface area contributed by atoms with Crippen LogP contribution < -0.4 is 0 Å². The van der Waals surface area contributed by atoms with Gasteiger partial charge in [-0.3, -0.25) is 0 Å². The first-order valence-corrected chi connectivity index (χ1v) is 10.6. The topological polar surface area (TPSA) is 52.1 Å². The predicted octanol–water partition coefficient (Wildman–Crippen LogP) is 5.80. The largest absolute Gasteiger partial charge is 0.455 e. The number of ether oxygens (including phenoxy) is 1. The van der Waals surface area contributed by atoms with Gasteiger partial charge in [-0.15, -0.1) is 22.7 Å². The number of carbonyl (C=O) groups is 1. The summed E-state index contributed by atoms with van der Waals surface area (Å²) in [7, 11) is 0. The molecule has 0 N–H and O–H groups in total. The van der Waals surface area contributed by atoms with Crippen molar-refractivity contribution in [1.82, 2.24) is 9.97 Å². The summed E-state index contributed by atoms with van der Waals surface area (Å²) in [5.74, 6) is -0.736. The fourth-order valence-corrected chi connectivity index (χ4v) is 4.88. The highest BCUT2D eigenvalue weighted by molar-refractivity contribution is 7.17. The Morgan fingerprint density at radius 1 is 1.07 bits per heavy atom. The van der Waals surface area contributed by atoms with Gasteiger partial charge < -0.3 is 4.74 Å². The zero-order valence-corrected chi connectivity index (χ0v) is 16.6. The highest BCUT2D eigenvalue weighted by atomic mass is 32.1. The van der Waals surface area contributed by atoms with E-state index in [0.29, 0.717) is 15.6 Å². The van der Waals surface area contributed by atoms with Crippen molar-refractivity contribution in [2.45, 2.75) is 13.5 Å². The van der Waals surface area contributed by atoms with Gasteiger partial charge in [0.15, 0.2) is 0 Å². The maximum Gasteiger partial charge on any atom is 0.350 e. The van der Waals surface area contributed by atoms with Crippen molar-refractivity contribution in [3.05, 3.63) is 68.6 Å². The Labute approximate surface area is 166 Å². The quantitative estimate of drug-likeness (QED) is 0.386. The predicted molar refractivity (Wildman–Crippen MR) is 107 cm³/mol. The molecule has 0 fully saturated rings. The van der Waals surface area contributed by atoms with E-state index >= 15 is 0 Å². The van der Waals surface area contributed by atoms with Crippen LogP contribution in [0.5, 0.6) is 0 Å². The SMILES string of the molecule is Cc1nc(-c2ccc(F)cc2)sc1C(=O)OCc1csc(-c2ccsc2)n1. The lowest BCUT2D eigenvalue weighted by Gasteiger charge is -2.01. The molecule has 0 radical (unpaired) electrons. The summed E-state index contributed by atoms with van der Waals surface area (Å²) in [5, 5.41) is 7.50. The first kappa shape index (κ1) is 18.0. The second-order valence-electron chi connectivity index (χ2n) is 5.67. The molecule has 0 aliphatic carbocycles. The molecule has 0 bridgehead atoms. The number of thiophene rings is 1. The van der Waals surface area contributed by atoms with Gasteiger partial charge in [-0.05, 0) is 42.6 Å². The summed E-state index contributed by atoms with van der Waals surface area (Å²) in [5.41, 5.74) is 3.16. The number of hydrogen-bond donors (Lipinski definition) is 0. The van der Waals surface area contributed by atoms with Gasteiger partial charge in [0.1, 0.15) is 27.3 Å². The van der Waals surface area contributed by atoms with Crippen molar-refractivity contribution < 1.29 is 13.9 Å². The van der Waals surface area contributed by atoms with Crippen molar-refractivity contribution in [2.24, 2.45) is 0 Å². The van der Waals surface area contributed by atoms with E-state index in [9.17, 15) is 9.18 Å². The van der Waals surface area contributed by atoms with Crippen LogP contribution in [0.3, 0.4) is 0 Å². The van der Waals surface area contributed by atoms with Crippen LogP contribution >= 0.6 is 34.0 Å². The maximum atomic E-state index is 13.1. The van der Waals surface area contributed by atoms with E-state index in [2.05, 4.69) is 9.97 Å². The second kappa shape index (κ2) is 7.67. The Balaban J connectivity index is 1.45. The molecule has 4 rings (SSSR count). The fraction of sp³-hybridized carbons (Fsp3) is 0.105. The van der Waals surface area contributed by atoms with Gasteiger partial charge in [0, 0.05) is 21.9 Å². The molecule has 1 aromatic carbocycles. The standard InChI is InChI=1S/C19H13FN2O2S3/c1-11-16(27-18(21-11)12-2-4-14(20)5-3-12)19(23)24-8-15-10-26-17(22-15)13-6-7-25-9-13/h2-7,9-10H,8H2,1H3. The monoisotopic (exact) mass is 416 g/mol. The summed E-state index contributed by atoms with van der Waals surface area (Å²) in [4.78, 5) is 21.8. The Morgan fingerprint density at radius 3 is 2.63 bits per heavy atom. The average Bonchev–Trinajstić information content (AvgIpc) is 3.40. The number of esters is 1. The van der Waals surface area contributed by atoms with Crippen LogP contribution in [-0.2, 0) is 11.3 Å². The van der Waals surface area contributed by atoms with Gasteiger partial charge in [0.2, 0.25) is 0 Å². The Morgan fingerprint density at radius 2 is 1.89 bits per heavy atom. The van der Waals surface area contributed by atoms with Crippen LogP contribution in [0.4, 0.5) is 4.39 Å². The van der Waals surface area contributed by atoms with Crippen molar-refractivity contribution >= 4 is 40.0 Å². The number of thiazole rings is 2. The normalized spacial score (nSPS) is 10.9. The number of carbonyl (C=O) groups excluding carboxylic acids is 1. The second-order valence-corrected chi connectivity index (χ2v) is 8.31. The van der Waals surface area contributed by atoms with Gasteiger partial charge in [-0.2, -0.15) is 11.3 Å². The van der Waals surface area contributed by atoms with E-state index in [1.807, 2.05) is 22.2 Å². The summed E-state index contributed by atoms with van der Waals surface area (Å²) in [6.45, 7) is 1.88. The third-order valence-electron chi connectivity index (χ3n) is 3.74. The highest BCUT2D eigenvalue weighted by Crippen LogP contribution is 2.29. The maximum absolute atomic E-state index is 13.1. The first-order chi connectivity index (χ1) is 13.1. The molecule has 4 aromatic rings. The van der Waals surface area contributed by atoms with Crippen molar-refractivity contribution in [2.75, 3.05) is 0 Å². The van der Waals surface area contributed by atoms with Gasteiger partial charge in [-0.25, -0.2) is 19.2 Å². The van der Waals surface area contributed by atoms with Gasteiger partial charge in [-0.1, -0.05) is 0 Å². The molecular formula is C19H13FN2O2S3. The van der Waals surface area contributed by atoms with Crippen LogP contribution in [0.1, 0.15) is 21.1 Å². The molecule has 0 unspecified atom stereocenters. The lowest BCUT2D eigenvalue weighted by molar-refractivity contribution is 0.0473. The van der Waals surface area contributed by atoms with Crippen LogP contribution in [0, 0.1) is 12.7 Å². The number of halogens is 1. The lowest BCUT2D eigenvalue weighted by atomic mass is 10.2. The van der Waals surface area contributed by atoms with E-state index in [1.165, 1.54) is 34.8 Å². The van der Waals surface area contributed by atoms with Crippen LogP contribution in [0.25, 0.3) is 21.1 Å². The molecule has 0 aliphatic rings. The number of aromatic nitrogens is 2. The zero-order valence-electron chi connectivity index (χ0n) is 14.1. The Bertz CT molecular complexity index is 1070. The number of rotatable bonds is 5. The molecule has 0 atom stereocenters. The molecule has 0 amide bonds. The van der Waals surface area contributed by atoms with Crippen LogP contribution in [0.2, 0.25) is 0 Å². The first-order valence-electron chi connectivity index (χ1n) is 7.97. The molecule has 8 heteroatoms. The van der Waals surface area contributed by atoms with Crippen LogP contribution in [-0.4, -0.2) is 15.9 Å². The highest BCUT2D eigenvalue weighted by Gasteiger charge is 2.18. The molecule has 0 saturated carbocycles. The summed E-state index contributed by atoms with van der Waals surface area (Å²) in [6.07, 6.45) is 0. The molecular weight excluding hydrogens is 403 g/mol. The van der Waals surface area contributed by atoms with E-state index in [-0.39, 0.29) is 12.4 Å². The lowest BCUT2D eigenvalue weighted by Crippen LogP contribution is -2.05. The molecule has 0 saturated heterocycles. The number of hydrogen-bond acceptors (Lipinski definition) is 7. The minimum atomic E-state index is -0.427. The van der Waals surface area contributed by atoms with E-state index < -0.39 is 5.97 Å². The average molecular weight is 417 g/mol. The molecule has 136 valence electrons. The van der Waals surface area contributed by atoms with E-state index in [4.69, 9.17) is 4.74 Å². The number of nitrogens with zero attached hydrogens (tertiary/aromatic N) is 2. The molecule has 3 heterocycles. The summed E-state index contributed by atoms with van der Waals surface area (Å²) in [6, 6.07) is 8.04. The van der Waals surface area contributed by atoms with Crippen molar-refractivity contribution in [1.29, 1.82) is 0 Å². The number of benzene rings is 1. The fourth-order valence-electron chi connectivity index (χ4n) is 2.40. The minimum Gasteiger partial charge on any atom is -0.455 e. The summed E-state index contributed by atoms with van der Waals surface area (Å²) < 4.78 is 18.5. The summed E-state index contributed by atoms with van der Waals surface area (Å²) >= 11 is 4.38. The molecule has 0 spiro atoms. The van der Waals surface area contributed by atoms with Gasteiger partial charge in [0.25, 0.3) is 0 Å². The van der Waals surface area contributed by atoms with Gasteiger partial charge in [0.05, 0.1) is 11.4 Å². The molecule has 4 nitrogen and oxygen atoms in total. The molecule has 0 aliphatic heterocycles. The third-order valence-corrected chi connectivity index (χ3v) is 6.55. The van der Waals surface area contributed by atoms with E-state index in [1.54, 1.807) is 30.4 Å². The van der Waals surface area contributed by atoms with Crippen molar-refractivity contribution in [3.8, 4) is 21.1 Å². The smallest absolute Gasteiger partial charge is 0.350 e. The minimum absolute atomic E-state index is 0.114. The Kier molecular flexibility index (Phi) is 5.11. The Hall–Kier alpha value is -2.42. The van der Waals surface area contributed by atoms with Crippen LogP contribution in [0.15, 0.2) is 46.5 Å². The zero-order chi connectivity index (χ0) is 18.8. The van der Waals surface area contributed by atoms with E-state index in [0.717, 1.165) is 21.8 Å². The van der Waals surface area contributed by atoms with Crippen molar-refractivity contribution in [3.63, 3.8) is 0 Å². The third kappa shape index (κ3) is 3.97. The van der Waals surface area contributed by atoms with Gasteiger partial charge >= 0.3 is 5.97 Å². The molecule has 27 heavy (non-hydrogen) atoms. The molecule has 3 aromatic heterocycles. The number of aryl methyl sites for hydroxylation is 1.